The number of carbonyl (C=O) groups excluding carboxylic acids is 2. The summed E-state index contributed by atoms with van der Waals surface area (Å²) in [4.78, 5) is 24.6. The molecule has 0 bridgehead atoms. The van der Waals surface area contributed by atoms with E-state index in [1.54, 1.807) is 61.5 Å². The number of amides is 2. The molecule has 0 heterocycles. The quantitative estimate of drug-likeness (QED) is 0.408. The lowest BCUT2D eigenvalue weighted by atomic mass is 9.87. The van der Waals surface area contributed by atoms with Gasteiger partial charge in [-0.2, -0.15) is 0 Å². The number of carbonyl (C=O) groups is 2. The van der Waals surface area contributed by atoms with E-state index >= 15 is 0 Å². The lowest BCUT2D eigenvalue weighted by Gasteiger charge is -2.21. The van der Waals surface area contributed by atoms with Gasteiger partial charge in [-0.3, -0.25) is 14.3 Å². The third-order valence-electron chi connectivity index (χ3n) is 5.48. The molecule has 0 atom stereocenters. The van der Waals surface area contributed by atoms with Crippen molar-refractivity contribution in [3.63, 3.8) is 0 Å². The van der Waals surface area contributed by atoms with Gasteiger partial charge in [0.2, 0.25) is 0 Å². The molecule has 0 spiro atoms. The minimum atomic E-state index is -3.80. The summed E-state index contributed by atoms with van der Waals surface area (Å²) in [6.45, 7) is 8.39. The number of anilines is 1. The number of sulfonamides is 1. The Labute approximate surface area is 207 Å². The summed E-state index contributed by atoms with van der Waals surface area (Å²) < 4.78 is 28.6. The molecule has 0 fully saturated rings. The lowest BCUT2D eigenvalue weighted by Crippen LogP contribution is -2.34. The Kier molecular flexibility index (Phi) is 7.96. The third-order valence-corrected chi connectivity index (χ3v) is 7.00. The maximum Gasteiger partial charge on any atom is 0.262 e. The SMILES string of the molecule is Cc1ccc(C(C)(C)C)cc1S(=O)(=O)Nc1ccc(C(=O)NCCNC(=O)c2ccccc2)cc1. The molecule has 3 aromatic rings. The minimum Gasteiger partial charge on any atom is -0.350 e. The van der Waals surface area contributed by atoms with Crippen molar-refractivity contribution in [3.8, 4) is 0 Å². The van der Waals surface area contributed by atoms with E-state index in [4.69, 9.17) is 0 Å². The van der Waals surface area contributed by atoms with Crippen LogP contribution >= 0.6 is 0 Å². The van der Waals surface area contributed by atoms with E-state index in [2.05, 4.69) is 15.4 Å². The summed E-state index contributed by atoms with van der Waals surface area (Å²) in [5.74, 6) is -0.526. The van der Waals surface area contributed by atoms with Gasteiger partial charge in [-0.1, -0.05) is 51.1 Å². The molecule has 0 aliphatic heterocycles. The molecular weight excluding hydrogens is 462 g/mol. The first kappa shape index (κ1) is 26.0. The highest BCUT2D eigenvalue weighted by molar-refractivity contribution is 7.92. The first-order valence-electron chi connectivity index (χ1n) is 11.3. The molecule has 184 valence electrons. The van der Waals surface area contributed by atoms with E-state index in [-0.39, 0.29) is 35.2 Å². The van der Waals surface area contributed by atoms with Gasteiger partial charge < -0.3 is 10.6 Å². The standard InChI is InChI=1S/C27H31N3O4S/c1-19-10-13-22(27(2,3)4)18-24(19)35(33,34)30-23-14-11-21(12-15-23)26(32)29-17-16-28-25(31)20-8-6-5-7-9-20/h5-15,18,30H,16-17H2,1-4H3,(H,28,31)(H,29,32). The fourth-order valence-corrected chi connectivity index (χ4v) is 4.73. The van der Waals surface area contributed by atoms with Gasteiger partial charge in [0.15, 0.2) is 0 Å². The van der Waals surface area contributed by atoms with Crippen molar-refractivity contribution in [1.82, 2.24) is 10.6 Å². The largest absolute Gasteiger partial charge is 0.350 e. The zero-order valence-electron chi connectivity index (χ0n) is 20.4. The first-order valence-corrected chi connectivity index (χ1v) is 12.8. The zero-order valence-corrected chi connectivity index (χ0v) is 21.2. The second-order valence-electron chi connectivity index (χ2n) is 9.29. The molecule has 2 amide bonds. The average Bonchev–Trinajstić information content (AvgIpc) is 2.81. The summed E-state index contributed by atoms with van der Waals surface area (Å²) in [6, 6.07) is 20.5. The second kappa shape index (κ2) is 10.7. The lowest BCUT2D eigenvalue weighted by molar-refractivity contribution is 0.0927. The number of aryl methyl sites for hydroxylation is 1. The van der Waals surface area contributed by atoms with Crippen molar-refractivity contribution < 1.29 is 18.0 Å². The topological polar surface area (TPSA) is 104 Å². The predicted molar refractivity (Wildman–Crippen MR) is 138 cm³/mol. The van der Waals surface area contributed by atoms with Crippen molar-refractivity contribution in [2.24, 2.45) is 0 Å². The van der Waals surface area contributed by atoms with Gasteiger partial charge in [-0.25, -0.2) is 8.42 Å². The van der Waals surface area contributed by atoms with Crippen molar-refractivity contribution in [3.05, 3.63) is 95.1 Å². The monoisotopic (exact) mass is 493 g/mol. The zero-order chi connectivity index (χ0) is 25.6. The van der Waals surface area contributed by atoms with Crippen LogP contribution in [0.25, 0.3) is 0 Å². The van der Waals surface area contributed by atoms with Crippen LogP contribution in [0.15, 0.2) is 77.7 Å². The molecular formula is C27H31N3O4S. The van der Waals surface area contributed by atoms with Crippen LogP contribution in [0, 0.1) is 6.92 Å². The van der Waals surface area contributed by atoms with Crippen LogP contribution in [-0.4, -0.2) is 33.3 Å². The molecule has 0 aromatic heterocycles. The fraction of sp³-hybridized carbons (Fsp3) is 0.259. The van der Waals surface area contributed by atoms with Gasteiger partial charge in [0, 0.05) is 29.9 Å². The van der Waals surface area contributed by atoms with Gasteiger partial charge in [-0.05, 0) is 65.9 Å². The number of nitrogens with one attached hydrogen (secondary N) is 3. The maximum atomic E-state index is 13.0. The van der Waals surface area contributed by atoms with Crippen molar-refractivity contribution >= 4 is 27.5 Å². The van der Waals surface area contributed by atoms with Crippen molar-refractivity contribution in [2.75, 3.05) is 17.8 Å². The Morgan fingerprint density at radius 2 is 1.31 bits per heavy atom. The van der Waals surface area contributed by atoms with E-state index in [9.17, 15) is 18.0 Å². The Hall–Kier alpha value is -3.65. The number of hydrogen-bond acceptors (Lipinski definition) is 4. The van der Waals surface area contributed by atoms with Crippen LogP contribution in [0.1, 0.15) is 52.6 Å². The molecule has 0 saturated heterocycles. The van der Waals surface area contributed by atoms with Crippen LogP contribution in [0.5, 0.6) is 0 Å². The van der Waals surface area contributed by atoms with Crippen LogP contribution in [0.3, 0.4) is 0 Å². The van der Waals surface area contributed by atoms with Gasteiger partial charge >= 0.3 is 0 Å². The smallest absolute Gasteiger partial charge is 0.262 e. The highest BCUT2D eigenvalue weighted by Gasteiger charge is 2.21. The molecule has 35 heavy (non-hydrogen) atoms. The summed E-state index contributed by atoms with van der Waals surface area (Å²) in [5, 5.41) is 5.48. The van der Waals surface area contributed by atoms with Crippen LogP contribution < -0.4 is 15.4 Å². The molecule has 3 rings (SSSR count). The second-order valence-corrected chi connectivity index (χ2v) is 10.9. The summed E-state index contributed by atoms with van der Waals surface area (Å²) in [6.07, 6.45) is 0. The molecule has 7 nitrogen and oxygen atoms in total. The molecule has 3 N–H and O–H groups in total. The Balaban J connectivity index is 1.57. The molecule has 0 aliphatic carbocycles. The van der Waals surface area contributed by atoms with Crippen LogP contribution in [-0.2, 0) is 15.4 Å². The molecule has 0 aliphatic rings. The van der Waals surface area contributed by atoms with Gasteiger partial charge in [-0.15, -0.1) is 0 Å². The predicted octanol–water partition coefficient (Wildman–Crippen LogP) is 4.25. The van der Waals surface area contributed by atoms with E-state index < -0.39 is 10.0 Å². The molecule has 0 saturated carbocycles. The molecule has 3 aromatic carbocycles. The normalized spacial score (nSPS) is 11.5. The van der Waals surface area contributed by atoms with E-state index in [0.717, 1.165) is 5.56 Å². The van der Waals surface area contributed by atoms with Crippen molar-refractivity contribution in [2.45, 2.75) is 38.0 Å². The summed E-state index contributed by atoms with van der Waals surface area (Å²) in [5.41, 5.74) is 2.69. The molecule has 0 radical (unpaired) electrons. The van der Waals surface area contributed by atoms with Gasteiger partial charge in [0.1, 0.15) is 0 Å². The molecule has 8 heteroatoms. The van der Waals surface area contributed by atoms with Crippen LogP contribution in [0.4, 0.5) is 5.69 Å². The Bertz CT molecular complexity index is 1300. The highest BCUT2D eigenvalue weighted by Crippen LogP contribution is 2.27. The van der Waals surface area contributed by atoms with Gasteiger partial charge in [0.25, 0.3) is 21.8 Å². The first-order chi connectivity index (χ1) is 16.5. The van der Waals surface area contributed by atoms with E-state index in [1.807, 2.05) is 39.0 Å². The summed E-state index contributed by atoms with van der Waals surface area (Å²) >= 11 is 0. The van der Waals surface area contributed by atoms with Crippen LogP contribution in [0.2, 0.25) is 0 Å². The summed E-state index contributed by atoms with van der Waals surface area (Å²) in [7, 11) is -3.80. The Morgan fingerprint density at radius 3 is 1.86 bits per heavy atom. The number of rotatable bonds is 8. The van der Waals surface area contributed by atoms with Gasteiger partial charge in [0.05, 0.1) is 4.90 Å². The molecule has 0 unspecified atom stereocenters. The number of hydrogen-bond donors (Lipinski definition) is 3. The van der Waals surface area contributed by atoms with Crippen molar-refractivity contribution in [1.29, 1.82) is 0 Å². The van der Waals surface area contributed by atoms with E-state index in [1.165, 1.54) is 0 Å². The average molecular weight is 494 g/mol. The van der Waals surface area contributed by atoms with E-state index in [0.29, 0.717) is 22.4 Å². The minimum absolute atomic E-state index is 0.183. The third kappa shape index (κ3) is 6.93. The fourth-order valence-electron chi connectivity index (χ4n) is 3.40. The Morgan fingerprint density at radius 1 is 0.771 bits per heavy atom. The number of benzene rings is 3. The maximum absolute atomic E-state index is 13.0. The highest BCUT2D eigenvalue weighted by atomic mass is 32.2.